The van der Waals surface area contributed by atoms with Crippen molar-refractivity contribution in [2.75, 3.05) is 0 Å². The predicted octanol–water partition coefficient (Wildman–Crippen LogP) is 2.46. The minimum Gasteiger partial charge on any atom is -0.508 e. The number of phenolic OH excluding ortho intramolecular Hbond substituents is 1. The summed E-state index contributed by atoms with van der Waals surface area (Å²) in [6.07, 6.45) is 3.03. The minimum absolute atomic E-state index is 0.0861. The number of aryl methyl sites for hydroxylation is 1. The monoisotopic (exact) mass is 291 g/mol. The van der Waals surface area contributed by atoms with Crippen LogP contribution >= 0.6 is 0 Å². The summed E-state index contributed by atoms with van der Waals surface area (Å²) in [7, 11) is 0. The van der Waals surface area contributed by atoms with Crippen molar-refractivity contribution in [1.29, 1.82) is 0 Å². The summed E-state index contributed by atoms with van der Waals surface area (Å²) in [4.78, 5) is 24.2. The number of aromatic hydroxyl groups is 1. The van der Waals surface area contributed by atoms with Crippen LogP contribution in [0.15, 0.2) is 18.2 Å². The van der Waals surface area contributed by atoms with E-state index in [0.717, 1.165) is 19.3 Å². The SMILES string of the molecule is Cc1cc(O)ccc1C(=O)NC1(C(=O)O)CCCCC1C. The Morgan fingerprint density at radius 3 is 2.62 bits per heavy atom. The summed E-state index contributed by atoms with van der Waals surface area (Å²) >= 11 is 0. The molecule has 0 saturated heterocycles. The number of rotatable bonds is 3. The number of hydrogen-bond donors (Lipinski definition) is 3. The zero-order valence-corrected chi connectivity index (χ0v) is 12.3. The van der Waals surface area contributed by atoms with E-state index < -0.39 is 17.4 Å². The van der Waals surface area contributed by atoms with Gasteiger partial charge in [-0.2, -0.15) is 0 Å². The molecule has 0 aliphatic heterocycles. The second-order valence-electron chi connectivity index (χ2n) is 5.88. The fraction of sp³-hybridized carbons (Fsp3) is 0.500. The van der Waals surface area contributed by atoms with Crippen LogP contribution in [-0.2, 0) is 4.79 Å². The number of carbonyl (C=O) groups is 2. The molecule has 3 N–H and O–H groups in total. The van der Waals surface area contributed by atoms with Gasteiger partial charge in [-0.15, -0.1) is 0 Å². The Hall–Kier alpha value is -2.04. The van der Waals surface area contributed by atoms with Crippen molar-refractivity contribution in [1.82, 2.24) is 5.32 Å². The Morgan fingerprint density at radius 1 is 1.33 bits per heavy atom. The molecule has 0 heterocycles. The first kappa shape index (κ1) is 15.4. The van der Waals surface area contributed by atoms with Crippen molar-refractivity contribution in [2.24, 2.45) is 5.92 Å². The van der Waals surface area contributed by atoms with Gasteiger partial charge >= 0.3 is 5.97 Å². The molecular weight excluding hydrogens is 270 g/mol. The number of aliphatic carboxylic acids is 1. The van der Waals surface area contributed by atoms with Gasteiger partial charge in [-0.3, -0.25) is 4.79 Å². The van der Waals surface area contributed by atoms with Gasteiger partial charge in [0.15, 0.2) is 0 Å². The minimum atomic E-state index is -1.19. The van der Waals surface area contributed by atoms with E-state index in [1.165, 1.54) is 18.2 Å². The predicted molar refractivity (Wildman–Crippen MR) is 78.3 cm³/mol. The third kappa shape index (κ3) is 2.86. The molecule has 5 nitrogen and oxygen atoms in total. The van der Waals surface area contributed by atoms with Crippen molar-refractivity contribution >= 4 is 11.9 Å². The molecule has 1 aromatic carbocycles. The number of hydrogen-bond acceptors (Lipinski definition) is 3. The average Bonchev–Trinajstić information content (AvgIpc) is 2.41. The van der Waals surface area contributed by atoms with Gasteiger partial charge in [-0.1, -0.05) is 19.8 Å². The summed E-state index contributed by atoms with van der Waals surface area (Å²) in [6.45, 7) is 3.59. The molecule has 2 unspecified atom stereocenters. The molecule has 0 radical (unpaired) electrons. The summed E-state index contributed by atoms with van der Waals surface area (Å²) in [5.41, 5.74) is -0.178. The summed E-state index contributed by atoms with van der Waals surface area (Å²) in [5, 5.41) is 21.7. The van der Waals surface area contributed by atoms with Gasteiger partial charge in [-0.05, 0) is 49.4 Å². The van der Waals surface area contributed by atoms with E-state index >= 15 is 0 Å². The maximum atomic E-state index is 12.4. The van der Waals surface area contributed by atoms with Crippen molar-refractivity contribution in [2.45, 2.75) is 45.1 Å². The number of carboxylic acids is 1. The third-order valence-corrected chi connectivity index (χ3v) is 4.47. The quantitative estimate of drug-likeness (QED) is 0.798. The topological polar surface area (TPSA) is 86.6 Å². The number of carbonyl (C=O) groups excluding carboxylic acids is 1. The summed E-state index contributed by atoms with van der Waals surface area (Å²) < 4.78 is 0. The van der Waals surface area contributed by atoms with Crippen LogP contribution in [-0.4, -0.2) is 27.6 Å². The van der Waals surface area contributed by atoms with Gasteiger partial charge < -0.3 is 15.5 Å². The lowest BCUT2D eigenvalue weighted by molar-refractivity contribution is -0.148. The first-order valence-corrected chi connectivity index (χ1v) is 7.22. The highest BCUT2D eigenvalue weighted by Crippen LogP contribution is 2.34. The molecule has 1 amide bonds. The van der Waals surface area contributed by atoms with Crippen LogP contribution in [0.2, 0.25) is 0 Å². The number of phenols is 1. The molecule has 0 spiro atoms. The molecular formula is C16H21NO4. The number of benzene rings is 1. The standard InChI is InChI=1S/C16H21NO4/c1-10-9-12(18)6-7-13(10)14(19)17-16(15(20)21)8-4-3-5-11(16)2/h6-7,9,11,18H,3-5,8H2,1-2H3,(H,17,19)(H,20,21). The molecule has 2 rings (SSSR count). The highest BCUT2D eigenvalue weighted by molar-refractivity contribution is 5.99. The lowest BCUT2D eigenvalue weighted by Gasteiger charge is -2.39. The molecule has 1 aromatic rings. The highest BCUT2D eigenvalue weighted by atomic mass is 16.4. The first-order valence-electron chi connectivity index (χ1n) is 7.22. The lowest BCUT2D eigenvalue weighted by Crippen LogP contribution is -2.60. The van der Waals surface area contributed by atoms with Gasteiger partial charge in [0.25, 0.3) is 5.91 Å². The Morgan fingerprint density at radius 2 is 2.05 bits per heavy atom. The smallest absolute Gasteiger partial charge is 0.329 e. The molecule has 2 atom stereocenters. The van der Waals surface area contributed by atoms with Crippen LogP contribution in [0.5, 0.6) is 5.75 Å². The Kier molecular flexibility index (Phi) is 4.21. The molecule has 114 valence electrons. The van der Waals surface area contributed by atoms with E-state index in [0.29, 0.717) is 17.5 Å². The molecule has 1 saturated carbocycles. The van der Waals surface area contributed by atoms with E-state index in [1.54, 1.807) is 6.92 Å². The van der Waals surface area contributed by atoms with E-state index in [4.69, 9.17) is 0 Å². The molecule has 1 aliphatic carbocycles. The number of amides is 1. The number of carboxylic acid groups (broad SMARTS) is 1. The average molecular weight is 291 g/mol. The maximum Gasteiger partial charge on any atom is 0.329 e. The first-order chi connectivity index (χ1) is 9.86. The summed E-state index contributed by atoms with van der Waals surface area (Å²) in [6, 6.07) is 4.44. The molecule has 1 fully saturated rings. The Balaban J connectivity index is 2.28. The van der Waals surface area contributed by atoms with Crippen LogP contribution in [0.1, 0.15) is 48.5 Å². The Labute approximate surface area is 124 Å². The van der Waals surface area contributed by atoms with Gasteiger partial charge in [-0.25, -0.2) is 4.79 Å². The number of nitrogens with one attached hydrogen (secondary N) is 1. The van der Waals surface area contributed by atoms with Crippen LogP contribution in [0, 0.1) is 12.8 Å². The molecule has 5 heteroatoms. The second-order valence-corrected chi connectivity index (χ2v) is 5.88. The highest BCUT2D eigenvalue weighted by Gasteiger charge is 2.46. The van der Waals surface area contributed by atoms with Crippen molar-refractivity contribution in [3.8, 4) is 5.75 Å². The maximum absolute atomic E-state index is 12.4. The van der Waals surface area contributed by atoms with Crippen molar-refractivity contribution in [3.05, 3.63) is 29.3 Å². The van der Waals surface area contributed by atoms with Crippen LogP contribution in [0.3, 0.4) is 0 Å². The van der Waals surface area contributed by atoms with Gasteiger partial charge in [0, 0.05) is 5.56 Å². The summed E-state index contributed by atoms with van der Waals surface area (Å²) in [5.74, 6) is -1.39. The fourth-order valence-electron chi connectivity index (χ4n) is 3.08. The second kappa shape index (κ2) is 5.76. The largest absolute Gasteiger partial charge is 0.508 e. The third-order valence-electron chi connectivity index (χ3n) is 4.47. The van der Waals surface area contributed by atoms with E-state index in [-0.39, 0.29) is 11.7 Å². The van der Waals surface area contributed by atoms with Crippen LogP contribution in [0.4, 0.5) is 0 Å². The molecule has 1 aliphatic rings. The van der Waals surface area contributed by atoms with Crippen molar-refractivity contribution < 1.29 is 19.8 Å². The van der Waals surface area contributed by atoms with E-state index in [9.17, 15) is 19.8 Å². The van der Waals surface area contributed by atoms with Gasteiger partial charge in [0.05, 0.1) is 0 Å². The Bertz CT molecular complexity index is 569. The zero-order valence-electron chi connectivity index (χ0n) is 12.3. The lowest BCUT2D eigenvalue weighted by atomic mass is 9.73. The van der Waals surface area contributed by atoms with E-state index in [1.807, 2.05) is 6.92 Å². The normalized spacial score (nSPS) is 25.3. The van der Waals surface area contributed by atoms with Crippen molar-refractivity contribution in [3.63, 3.8) is 0 Å². The molecule has 0 bridgehead atoms. The molecule has 21 heavy (non-hydrogen) atoms. The van der Waals surface area contributed by atoms with E-state index in [2.05, 4.69) is 5.32 Å². The molecule has 0 aromatic heterocycles. The zero-order chi connectivity index (χ0) is 15.6. The van der Waals surface area contributed by atoms with Gasteiger partial charge in [0.1, 0.15) is 11.3 Å². The van der Waals surface area contributed by atoms with Crippen LogP contribution < -0.4 is 5.32 Å². The fourth-order valence-corrected chi connectivity index (χ4v) is 3.08. The van der Waals surface area contributed by atoms with Crippen LogP contribution in [0.25, 0.3) is 0 Å². The van der Waals surface area contributed by atoms with Gasteiger partial charge in [0.2, 0.25) is 0 Å².